The van der Waals surface area contributed by atoms with Gasteiger partial charge in [-0.3, -0.25) is 14.9 Å². The highest BCUT2D eigenvalue weighted by atomic mass is 16.6. The molecule has 0 bridgehead atoms. The SMILES string of the molecule is C=CCOc1ccc(CN(CC2CCCO2)C(=O)c2ccc(OCC)c([N+](=O)[O-])c2)cc1OC. The van der Waals surface area contributed by atoms with Gasteiger partial charge in [-0.15, -0.1) is 0 Å². The molecule has 2 aromatic rings. The highest BCUT2D eigenvalue weighted by Gasteiger charge is 2.26. The summed E-state index contributed by atoms with van der Waals surface area (Å²) in [4.78, 5) is 26.1. The van der Waals surface area contributed by atoms with E-state index in [9.17, 15) is 14.9 Å². The average molecular weight is 471 g/mol. The van der Waals surface area contributed by atoms with Crippen molar-refractivity contribution in [3.8, 4) is 17.2 Å². The minimum absolute atomic E-state index is 0.0845. The molecule has 1 fully saturated rings. The lowest BCUT2D eigenvalue weighted by atomic mass is 10.1. The molecule has 1 amide bonds. The van der Waals surface area contributed by atoms with E-state index < -0.39 is 4.92 Å². The molecule has 0 saturated carbocycles. The van der Waals surface area contributed by atoms with Crippen molar-refractivity contribution in [1.29, 1.82) is 0 Å². The summed E-state index contributed by atoms with van der Waals surface area (Å²) < 4.78 is 22.1. The summed E-state index contributed by atoms with van der Waals surface area (Å²) in [5, 5.41) is 11.5. The van der Waals surface area contributed by atoms with Crippen molar-refractivity contribution in [2.24, 2.45) is 0 Å². The van der Waals surface area contributed by atoms with E-state index in [1.165, 1.54) is 12.1 Å². The maximum absolute atomic E-state index is 13.5. The Balaban J connectivity index is 1.89. The van der Waals surface area contributed by atoms with Crippen LogP contribution in [0.1, 0.15) is 35.7 Å². The van der Waals surface area contributed by atoms with E-state index in [2.05, 4.69) is 6.58 Å². The van der Waals surface area contributed by atoms with Gasteiger partial charge in [0.1, 0.15) is 6.61 Å². The van der Waals surface area contributed by atoms with Gasteiger partial charge in [0.25, 0.3) is 5.91 Å². The first kappa shape index (κ1) is 25.0. The van der Waals surface area contributed by atoms with Crippen LogP contribution in [0.4, 0.5) is 5.69 Å². The normalized spacial score (nSPS) is 14.9. The number of hydrogen-bond acceptors (Lipinski definition) is 7. The number of rotatable bonds is 12. The Morgan fingerprint density at radius 1 is 1.24 bits per heavy atom. The number of nitro groups is 1. The van der Waals surface area contributed by atoms with E-state index in [0.29, 0.717) is 31.3 Å². The molecule has 1 unspecified atom stereocenters. The molecule has 1 atom stereocenters. The Morgan fingerprint density at radius 2 is 2.03 bits per heavy atom. The first-order chi connectivity index (χ1) is 16.5. The number of benzene rings is 2. The molecular weight excluding hydrogens is 440 g/mol. The Bertz CT molecular complexity index is 1020. The zero-order valence-electron chi connectivity index (χ0n) is 19.5. The monoisotopic (exact) mass is 470 g/mol. The van der Waals surface area contributed by atoms with Gasteiger partial charge < -0.3 is 23.8 Å². The Morgan fingerprint density at radius 3 is 2.68 bits per heavy atom. The third-order valence-corrected chi connectivity index (χ3v) is 5.40. The van der Waals surface area contributed by atoms with Crippen molar-refractivity contribution < 1.29 is 28.7 Å². The van der Waals surface area contributed by atoms with E-state index in [1.54, 1.807) is 37.1 Å². The maximum atomic E-state index is 13.5. The number of nitrogens with zero attached hydrogens (tertiary/aromatic N) is 2. The van der Waals surface area contributed by atoms with E-state index in [1.807, 2.05) is 12.1 Å². The molecule has 0 spiro atoms. The van der Waals surface area contributed by atoms with Crippen LogP contribution in [0, 0.1) is 10.1 Å². The quantitative estimate of drug-likeness (QED) is 0.258. The first-order valence-electron chi connectivity index (χ1n) is 11.2. The van der Waals surface area contributed by atoms with E-state index in [4.69, 9.17) is 18.9 Å². The van der Waals surface area contributed by atoms with Gasteiger partial charge in [-0.05, 0) is 49.6 Å². The Hall–Kier alpha value is -3.59. The second kappa shape index (κ2) is 12.0. The van der Waals surface area contributed by atoms with E-state index in [-0.39, 0.29) is 42.2 Å². The zero-order chi connectivity index (χ0) is 24.5. The van der Waals surface area contributed by atoms with Crippen LogP contribution < -0.4 is 14.2 Å². The lowest BCUT2D eigenvalue weighted by molar-refractivity contribution is -0.385. The summed E-state index contributed by atoms with van der Waals surface area (Å²) in [7, 11) is 1.55. The molecule has 0 aromatic heterocycles. The third-order valence-electron chi connectivity index (χ3n) is 5.40. The molecule has 3 rings (SSSR count). The molecule has 9 nitrogen and oxygen atoms in total. The van der Waals surface area contributed by atoms with Gasteiger partial charge in [0.2, 0.25) is 0 Å². The average Bonchev–Trinajstić information content (AvgIpc) is 3.35. The van der Waals surface area contributed by atoms with Gasteiger partial charge in [-0.2, -0.15) is 0 Å². The summed E-state index contributed by atoms with van der Waals surface area (Å²) in [5.74, 6) is 0.924. The highest BCUT2D eigenvalue weighted by molar-refractivity contribution is 5.95. The van der Waals surface area contributed by atoms with Gasteiger partial charge >= 0.3 is 5.69 Å². The molecule has 1 saturated heterocycles. The van der Waals surface area contributed by atoms with Gasteiger partial charge in [0.15, 0.2) is 17.2 Å². The summed E-state index contributed by atoms with van der Waals surface area (Å²) >= 11 is 0. The van der Waals surface area contributed by atoms with Crippen molar-refractivity contribution in [1.82, 2.24) is 4.90 Å². The lowest BCUT2D eigenvalue weighted by Gasteiger charge is -2.26. The zero-order valence-corrected chi connectivity index (χ0v) is 19.5. The topological polar surface area (TPSA) is 100 Å². The molecule has 1 aliphatic heterocycles. The van der Waals surface area contributed by atoms with Crippen molar-refractivity contribution >= 4 is 11.6 Å². The molecule has 2 aromatic carbocycles. The predicted molar refractivity (Wildman–Crippen MR) is 127 cm³/mol. The standard InChI is InChI=1S/C25H30N2O7/c1-4-12-34-23-10-8-18(14-24(23)31-3)16-26(17-20-7-6-13-33-20)25(28)19-9-11-22(32-5-2)21(15-19)27(29)30/h4,8-11,14-15,20H,1,5-7,12-13,16-17H2,2-3H3. The van der Waals surface area contributed by atoms with Crippen molar-refractivity contribution in [3.63, 3.8) is 0 Å². The summed E-state index contributed by atoms with van der Waals surface area (Å²) in [6, 6.07) is 9.74. The number of amides is 1. The summed E-state index contributed by atoms with van der Waals surface area (Å²) in [6.07, 6.45) is 3.35. The van der Waals surface area contributed by atoms with Crippen LogP contribution >= 0.6 is 0 Å². The third kappa shape index (κ3) is 6.26. The van der Waals surface area contributed by atoms with Crippen LogP contribution in [0.2, 0.25) is 0 Å². The van der Waals surface area contributed by atoms with Crippen LogP contribution in [-0.2, 0) is 11.3 Å². The van der Waals surface area contributed by atoms with Gasteiger partial charge in [-0.1, -0.05) is 18.7 Å². The summed E-state index contributed by atoms with van der Waals surface area (Å²) in [6.45, 7) is 7.32. The summed E-state index contributed by atoms with van der Waals surface area (Å²) in [5.41, 5.74) is 0.802. The van der Waals surface area contributed by atoms with Crippen molar-refractivity contribution in [3.05, 3.63) is 70.3 Å². The van der Waals surface area contributed by atoms with E-state index >= 15 is 0 Å². The number of carbonyl (C=O) groups excluding carboxylic acids is 1. The number of carbonyl (C=O) groups is 1. The number of hydrogen-bond donors (Lipinski definition) is 0. The molecule has 182 valence electrons. The minimum atomic E-state index is -0.543. The molecular formula is C25H30N2O7. The van der Waals surface area contributed by atoms with Gasteiger partial charge in [0.05, 0.1) is 24.7 Å². The molecule has 34 heavy (non-hydrogen) atoms. The maximum Gasteiger partial charge on any atom is 0.311 e. The first-order valence-corrected chi connectivity index (χ1v) is 11.2. The van der Waals surface area contributed by atoms with Crippen LogP contribution in [0.3, 0.4) is 0 Å². The van der Waals surface area contributed by atoms with Crippen molar-refractivity contribution in [2.45, 2.75) is 32.4 Å². The number of methoxy groups -OCH3 is 1. The number of nitro benzene ring substituents is 1. The van der Waals surface area contributed by atoms with Crippen LogP contribution in [0.15, 0.2) is 49.1 Å². The second-order valence-corrected chi connectivity index (χ2v) is 7.78. The molecule has 1 heterocycles. The van der Waals surface area contributed by atoms with Gasteiger partial charge in [-0.25, -0.2) is 0 Å². The molecule has 0 aliphatic carbocycles. The number of ether oxygens (including phenoxy) is 4. The fourth-order valence-electron chi connectivity index (χ4n) is 3.81. The highest BCUT2D eigenvalue weighted by Crippen LogP contribution is 2.31. The Kier molecular flexibility index (Phi) is 8.86. The molecule has 0 N–H and O–H groups in total. The second-order valence-electron chi connectivity index (χ2n) is 7.78. The molecule has 9 heteroatoms. The smallest absolute Gasteiger partial charge is 0.311 e. The largest absolute Gasteiger partial charge is 0.493 e. The fraction of sp³-hybridized carbons (Fsp3) is 0.400. The van der Waals surface area contributed by atoms with Crippen LogP contribution in [0.25, 0.3) is 0 Å². The Labute approximate surface area is 199 Å². The lowest BCUT2D eigenvalue weighted by Crippen LogP contribution is -2.37. The molecule has 1 aliphatic rings. The molecule has 0 radical (unpaired) electrons. The van der Waals surface area contributed by atoms with E-state index in [0.717, 1.165) is 18.4 Å². The minimum Gasteiger partial charge on any atom is -0.493 e. The fourth-order valence-corrected chi connectivity index (χ4v) is 3.81. The van der Waals surface area contributed by atoms with Crippen LogP contribution in [-0.4, -0.2) is 55.3 Å². The van der Waals surface area contributed by atoms with Crippen molar-refractivity contribution in [2.75, 3.05) is 33.5 Å². The predicted octanol–water partition coefficient (Wildman–Crippen LogP) is 4.39. The van der Waals surface area contributed by atoms with Gasteiger partial charge in [0, 0.05) is 31.3 Å². The van der Waals surface area contributed by atoms with Crippen LogP contribution in [0.5, 0.6) is 17.2 Å².